The lowest BCUT2D eigenvalue weighted by Crippen LogP contribution is -2.32. The largest absolute Gasteiger partial charge is 0.497 e. The van der Waals surface area contributed by atoms with Gasteiger partial charge in [-0.25, -0.2) is 31.5 Å². The molecule has 0 bridgehead atoms. The fourth-order valence-corrected chi connectivity index (χ4v) is 6.72. The van der Waals surface area contributed by atoms with E-state index < -0.39 is 32.7 Å². The number of nitrogens with zero attached hydrogens (tertiary/aromatic N) is 5. The lowest BCUT2D eigenvalue weighted by Gasteiger charge is -2.32. The van der Waals surface area contributed by atoms with Gasteiger partial charge in [-0.15, -0.1) is 0 Å². The van der Waals surface area contributed by atoms with Crippen molar-refractivity contribution >= 4 is 15.8 Å². The number of hydrogen-bond donors (Lipinski definition) is 0. The summed E-state index contributed by atoms with van der Waals surface area (Å²) in [4.78, 5) is 7.05. The Labute approximate surface area is 242 Å². The Morgan fingerprint density at radius 2 is 1.79 bits per heavy atom. The normalized spacial score (nSPS) is 17.1. The molecule has 1 fully saturated rings. The first kappa shape index (κ1) is 29.2. The van der Waals surface area contributed by atoms with E-state index in [1.807, 2.05) is 13.1 Å². The van der Waals surface area contributed by atoms with Crippen LogP contribution in [0.1, 0.15) is 42.9 Å². The molecule has 13 heteroatoms. The molecule has 5 rings (SSSR count). The summed E-state index contributed by atoms with van der Waals surface area (Å²) in [7, 11) is 0.0730. The Morgan fingerprint density at radius 3 is 2.48 bits per heavy atom. The lowest BCUT2D eigenvalue weighted by atomic mass is 9.84. The second-order valence-electron chi connectivity index (χ2n) is 9.90. The zero-order chi connectivity index (χ0) is 29.9. The Kier molecular flexibility index (Phi) is 8.57. The fourth-order valence-electron chi connectivity index (χ4n) is 5.26. The van der Waals surface area contributed by atoms with Gasteiger partial charge < -0.3 is 14.2 Å². The zero-order valence-electron chi connectivity index (χ0n) is 23.4. The molecular weight excluding hydrogens is 568 g/mol. The van der Waals surface area contributed by atoms with Gasteiger partial charge >= 0.3 is 0 Å². The number of anilines is 1. The predicted octanol–water partition coefficient (Wildman–Crippen LogP) is 5.01. The zero-order valence-corrected chi connectivity index (χ0v) is 24.2. The highest BCUT2D eigenvalue weighted by molar-refractivity contribution is 7.92. The number of halogens is 2. The van der Waals surface area contributed by atoms with Crippen molar-refractivity contribution in [2.24, 2.45) is 7.05 Å². The minimum atomic E-state index is -4.67. The van der Waals surface area contributed by atoms with Crippen LogP contribution in [0.2, 0.25) is 0 Å². The molecule has 0 aliphatic heterocycles. The molecule has 0 radical (unpaired) electrons. The van der Waals surface area contributed by atoms with Gasteiger partial charge in [0.15, 0.2) is 11.6 Å². The Morgan fingerprint density at radius 1 is 0.976 bits per heavy atom. The Balaban J connectivity index is 1.49. The number of aromatic nitrogens is 4. The van der Waals surface area contributed by atoms with E-state index in [1.165, 1.54) is 32.8 Å². The molecule has 4 aromatic rings. The second-order valence-corrected chi connectivity index (χ2v) is 11.7. The van der Waals surface area contributed by atoms with Crippen LogP contribution in [0, 0.1) is 11.6 Å². The number of benzene rings is 2. The van der Waals surface area contributed by atoms with Gasteiger partial charge in [0.25, 0.3) is 10.0 Å². The molecule has 0 saturated heterocycles. The highest BCUT2D eigenvalue weighted by Crippen LogP contribution is 2.38. The fraction of sp³-hybridized carbons (Fsp3) is 0.345. The van der Waals surface area contributed by atoms with Gasteiger partial charge in [0.05, 0.1) is 20.8 Å². The van der Waals surface area contributed by atoms with Crippen molar-refractivity contribution in [3.8, 4) is 17.2 Å². The minimum absolute atomic E-state index is 0.0377. The van der Waals surface area contributed by atoms with E-state index in [-0.39, 0.29) is 24.0 Å². The highest BCUT2D eigenvalue weighted by atomic mass is 32.2. The molecule has 2 heterocycles. The maximum Gasteiger partial charge on any atom is 0.268 e. The first-order valence-electron chi connectivity index (χ1n) is 13.4. The molecule has 0 N–H and O–H groups in total. The van der Waals surface area contributed by atoms with Gasteiger partial charge in [-0.1, -0.05) is 6.42 Å². The van der Waals surface area contributed by atoms with Crippen LogP contribution in [0.15, 0.2) is 66.1 Å². The van der Waals surface area contributed by atoms with E-state index in [4.69, 9.17) is 14.2 Å². The predicted molar refractivity (Wildman–Crippen MR) is 150 cm³/mol. The summed E-state index contributed by atoms with van der Waals surface area (Å²) >= 11 is 0. The van der Waals surface area contributed by atoms with Crippen LogP contribution in [0.3, 0.4) is 0 Å². The molecule has 2 atom stereocenters. The molecule has 0 amide bonds. The van der Waals surface area contributed by atoms with Crippen LogP contribution < -0.4 is 18.5 Å². The molecule has 1 aliphatic rings. The number of ether oxygens (including phenoxy) is 3. The van der Waals surface area contributed by atoms with Crippen LogP contribution in [-0.4, -0.2) is 48.5 Å². The molecular formula is C29H31F2N5O5S. The minimum Gasteiger partial charge on any atom is -0.497 e. The molecule has 1 saturated carbocycles. The van der Waals surface area contributed by atoms with Crippen molar-refractivity contribution in [1.29, 1.82) is 0 Å². The van der Waals surface area contributed by atoms with Crippen LogP contribution in [0.25, 0.3) is 0 Å². The van der Waals surface area contributed by atoms with Gasteiger partial charge in [0.2, 0.25) is 0 Å². The quantitative estimate of drug-likeness (QED) is 0.251. The Bertz CT molecular complexity index is 1650. The number of methoxy groups -OCH3 is 2. The summed E-state index contributed by atoms with van der Waals surface area (Å²) < 4.78 is 78.3. The summed E-state index contributed by atoms with van der Waals surface area (Å²) in [5.41, 5.74) is 1.38. The number of sulfonamides is 1. The van der Waals surface area contributed by atoms with Crippen LogP contribution in [0.4, 0.5) is 14.6 Å². The topological polar surface area (TPSA) is 109 Å². The molecule has 42 heavy (non-hydrogen) atoms. The van der Waals surface area contributed by atoms with Gasteiger partial charge in [-0.2, -0.15) is 5.10 Å². The first-order chi connectivity index (χ1) is 20.2. The van der Waals surface area contributed by atoms with Gasteiger partial charge in [0.1, 0.15) is 40.5 Å². The van der Waals surface area contributed by atoms with E-state index in [1.54, 1.807) is 29.1 Å². The summed E-state index contributed by atoms with van der Waals surface area (Å²) in [6.07, 6.45) is 7.08. The van der Waals surface area contributed by atoms with Crippen molar-refractivity contribution in [2.75, 3.05) is 18.5 Å². The molecule has 1 aliphatic carbocycles. The average Bonchev–Trinajstić information content (AvgIpc) is 3.43. The average molecular weight is 600 g/mol. The summed E-state index contributed by atoms with van der Waals surface area (Å²) in [5, 5.41) is 4.23. The monoisotopic (exact) mass is 599 g/mol. The number of rotatable bonds is 10. The van der Waals surface area contributed by atoms with Gasteiger partial charge in [-0.3, -0.25) is 4.68 Å². The third-order valence-corrected chi connectivity index (χ3v) is 9.17. The van der Waals surface area contributed by atoms with Crippen molar-refractivity contribution in [1.82, 2.24) is 19.7 Å². The van der Waals surface area contributed by atoms with Gasteiger partial charge in [-0.05, 0) is 37.5 Å². The highest BCUT2D eigenvalue weighted by Gasteiger charge is 2.34. The maximum atomic E-state index is 15.6. The maximum absolute atomic E-state index is 15.6. The second kappa shape index (κ2) is 12.3. The summed E-state index contributed by atoms with van der Waals surface area (Å²) in [6.45, 7) is -0.291. The van der Waals surface area contributed by atoms with E-state index in [0.717, 1.165) is 35.3 Å². The SMILES string of the molecule is COc1ccc(CN(c2ccncn2)S(=O)(=O)c2cc(F)c(O[C@H]3CCCC[C@@H]3c3ccnn3C)cc2F)c(OC)c1. The van der Waals surface area contributed by atoms with Crippen molar-refractivity contribution < 1.29 is 31.4 Å². The molecule has 0 unspecified atom stereocenters. The molecule has 10 nitrogen and oxygen atoms in total. The summed E-state index contributed by atoms with van der Waals surface area (Å²) in [5.74, 6) is -1.76. The summed E-state index contributed by atoms with van der Waals surface area (Å²) in [6, 6.07) is 9.55. The van der Waals surface area contributed by atoms with E-state index in [2.05, 4.69) is 15.1 Å². The van der Waals surface area contributed by atoms with Crippen molar-refractivity contribution in [3.05, 3.63) is 84.1 Å². The van der Waals surface area contributed by atoms with E-state index >= 15 is 8.78 Å². The van der Waals surface area contributed by atoms with Crippen molar-refractivity contribution in [3.63, 3.8) is 0 Å². The van der Waals surface area contributed by atoms with Crippen molar-refractivity contribution in [2.45, 2.75) is 49.1 Å². The smallest absolute Gasteiger partial charge is 0.268 e. The van der Waals surface area contributed by atoms with Crippen LogP contribution >= 0.6 is 0 Å². The van der Waals surface area contributed by atoms with E-state index in [0.29, 0.717) is 29.5 Å². The van der Waals surface area contributed by atoms with Crippen LogP contribution in [-0.2, 0) is 23.6 Å². The number of hydrogen-bond acceptors (Lipinski definition) is 8. The Hall–Kier alpha value is -4.26. The number of aryl methyl sites for hydroxylation is 1. The molecule has 2 aromatic heterocycles. The van der Waals surface area contributed by atoms with E-state index in [9.17, 15) is 8.42 Å². The molecule has 0 spiro atoms. The standard InChI is InChI=1S/C29H31F2N5O5S/c1-35-24(10-13-34-35)21-6-4-5-7-25(21)41-27-15-23(31)28(16-22(27)30)42(37,38)36(29-11-12-32-18-33-29)17-19-8-9-20(39-2)14-26(19)40-3/h8-16,18,21,25H,4-7,17H2,1-3H3/t21-,25+/m1/s1. The molecule has 222 valence electrons. The molecule has 2 aromatic carbocycles. The third-order valence-electron chi connectivity index (χ3n) is 7.40. The lowest BCUT2D eigenvalue weighted by molar-refractivity contribution is 0.120. The first-order valence-corrected chi connectivity index (χ1v) is 14.8. The third kappa shape index (κ3) is 5.87. The van der Waals surface area contributed by atoms with Gasteiger partial charge in [0, 0.05) is 60.9 Å². The van der Waals surface area contributed by atoms with Crippen LogP contribution in [0.5, 0.6) is 17.2 Å².